The van der Waals surface area contributed by atoms with Crippen LogP contribution < -0.4 is 37.5 Å². The van der Waals surface area contributed by atoms with Crippen molar-refractivity contribution in [3.8, 4) is 5.75 Å². The van der Waals surface area contributed by atoms with Crippen molar-refractivity contribution in [1.82, 2.24) is 21.3 Å². The number of benzene rings is 1. The predicted octanol–water partition coefficient (Wildman–Crippen LogP) is -2.26. The molecule has 2 fully saturated rings. The third-order valence-electron chi connectivity index (χ3n) is 8.83. The number of guanidine groups is 2. The van der Waals surface area contributed by atoms with Crippen LogP contribution in [0.4, 0.5) is 0 Å². The molecule has 5 aliphatic rings. The fourth-order valence-corrected chi connectivity index (χ4v) is 6.39. The molecule has 4 atom stereocenters. The molecule has 1 saturated heterocycles. The van der Waals surface area contributed by atoms with Crippen molar-refractivity contribution in [2.75, 3.05) is 19.7 Å². The fourth-order valence-electron chi connectivity index (χ4n) is 6.39. The summed E-state index contributed by atoms with van der Waals surface area (Å²) in [7, 11) is 0. The number of aliphatic hydroxyl groups is 2. The lowest BCUT2D eigenvalue weighted by Gasteiger charge is -2.43. The van der Waals surface area contributed by atoms with E-state index >= 15 is 0 Å². The summed E-state index contributed by atoms with van der Waals surface area (Å²) < 4.78 is 7.43. The van der Waals surface area contributed by atoms with Crippen LogP contribution in [-0.2, 0) is 10.2 Å². The highest BCUT2D eigenvalue weighted by Crippen LogP contribution is 2.43. The summed E-state index contributed by atoms with van der Waals surface area (Å²) in [5.41, 5.74) is 11.9. The smallest absolute Gasteiger partial charge is 0.346 e. The van der Waals surface area contributed by atoms with Crippen LogP contribution in [0.25, 0.3) is 0 Å². The summed E-state index contributed by atoms with van der Waals surface area (Å²) in [5.74, 6) is -2.05. The average Bonchev–Trinajstić information content (AvgIpc) is 3.56. The molecule has 1 aliphatic carbocycles. The highest BCUT2D eigenvalue weighted by atomic mass is 16.5. The minimum atomic E-state index is -2.55. The maximum Gasteiger partial charge on any atom is 0.346 e. The quantitative estimate of drug-likeness (QED) is 0.145. The van der Waals surface area contributed by atoms with Gasteiger partial charge in [0.05, 0.1) is 25.3 Å². The van der Waals surface area contributed by atoms with Crippen molar-refractivity contribution < 1.29 is 29.1 Å². The molecule has 1 unspecified atom stereocenters. The second-order valence-corrected chi connectivity index (χ2v) is 12.0. The van der Waals surface area contributed by atoms with Gasteiger partial charge >= 0.3 is 5.96 Å². The topological polar surface area (TPSA) is 199 Å². The Morgan fingerprint density at radius 3 is 2.77 bits per heavy atom. The van der Waals surface area contributed by atoms with Gasteiger partial charge in [0.25, 0.3) is 5.91 Å². The van der Waals surface area contributed by atoms with Crippen molar-refractivity contribution in [2.45, 2.75) is 74.5 Å². The minimum Gasteiger partial charge on any atom is -0.492 e. The first-order valence-electron chi connectivity index (χ1n) is 13.5. The van der Waals surface area contributed by atoms with E-state index in [4.69, 9.17) is 16.2 Å². The second kappa shape index (κ2) is 8.71. The zero-order valence-corrected chi connectivity index (χ0v) is 22.2. The van der Waals surface area contributed by atoms with Gasteiger partial charge in [0.2, 0.25) is 17.4 Å². The average molecular weight is 542 g/mol. The number of aliphatic imine (C=N–C) groups is 1. The maximum absolute atomic E-state index is 13.5. The normalized spacial score (nSPS) is 31.5. The van der Waals surface area contributed by atoms with Crippen LogP contribution in [0.1, 0.15) is 55.5 Å². The van der Waals surface area contributed by atoms with Gasteiger partial charge in [-0.2, -0.15) is 0 Å². The molecule has 13 nitrogen and oxygen atoms in total. The number of fused-ring (bicyclic) bond motifs is 1. The minimum absolute atomic E-state index is 0.00280. The summed E-state index contributed by atoms with van der Waals surface area (Å²) in [4.78, 5) is 30.4. The molecule has 0 radical (unpaired) electrons. The number of hydrogen-bond donors (Lipinski definition) is 8. The van der Waals surface area contributed by atoms with Gasteiger partial charge in [-0.3, -0.25) is 20.6 Å². The molecule has 2 amide bonds. The summed E-state index contributed by atoms with van der Waals surface area (Å²) in [6, 6.07) is 2.82. The Hall–Kier alpha value is -3.58. The number of carbonyl (C=O) groups is 2. The molecule has 6 rings (SSSR count). The third kappa shape index (κ3) is 3.97. The van der Waals surface area contributed by atoms with Crippen molar-refractivity contribution in [2.24, 2.45) is 22.4 Å². The van der Waals surface area contributed by atoms with Crippen LogP contribution >= 0.6 is 0 Å². The van der Waals surface area contributed by atoms with Gasteiger partial charge in [-0.05, 0) is 36.7 Å². The number of para-hydroxylation sites is 1. The van der Waals surface area contributed by atoms with Crippen LogP contribution in [0.15, 0.2) is 23.2 Å². The van der Waals surface area contributed by atoms with Crippen LogP contribution in [0.5, 0.6) is 5.75 Å². The van der Waals surface area contributed by atoms with E-state index in [2.05, 4.69) is 40.1 Å². The SMILES string of the molecule is CC1(C)CCOc2c(C(=O)NC3C[N+]4=C(N)N[C@@H](CNC(=O)CC5CC5)[C@@H]5N=C(N)N[C@@]54C3(O)O)cccc21. The van der Waals surface area contributed by atoms with Crippen LogP contribution in [-0.4, -0.2) is 87.8 Å². The van der Waals surface area contributed by atoms with Crippen LogP contribution in [0.2, 0.25) is 0 Å². The number of nitrogens with zero attached hydrogens (tertiary/aromatic N) is 2. The first kappa shape index (κ1) is 25.7. The molecule has 0 bridgehead atoms. The van der Waals surface area contributed by atoms with E-state index in [1.54, 1.807) is 12.1 Å². The molecule has 13 heteroatoms. The van der Waals surface area contributed by atoms with Gasteiger partial charge in [0, 0.05) is 12.0 Å². The Bertz CT molecular complexity index is 1290. The van der Waals surface area contributed by atoms with Gasteiger partial charge < -0.3 is 36.6 Å². The van der Waals surface area contributed by atoms with E-state index < -0.39 is 35.5 Å². The van der Waals surface area contributed by atoms with Gasteiger partial charge in [-0.15, -0.1) is 0 Å². The molecule has 1 aromatic rings. The highest BCUT2D eigenvalue weighted by molar-refractivity contribution is 5.98. The molecular weight excluding hydrogens is 504 g/mol. The van der Waals surface area contributed by atoms with E-state index in [0.29, 0.717) is 30.3 Å². The lowest BCUT2D eigenvalue weighted by Crippen LogP contribution is -2.79. The lowest BCUT2D eigenvalue weighted by atomic mass is 9.79. The molecule has 4 heterocycles. The van der Waals surface area contributed by atoms with E-state index in [9.17, 15) is 19.8 Å². The highest BCUT2D eigenvalue weighted by Gasteiger charge is 2.75. The predicted molar refractivity (Wildman–Crippen MR) is 141 cm³/mol. The van der Waals surface area contributed by atoms with Crippen molar-refractivity contribution in [3.05, 3.63) is 29.3 Å². The first-order chi connectivity index (χ1) is 18.4. The summed E-state index contributed by atoms with van der Waals surface area (Å²) in [5, 5.41) is 35.1. The second-order valence-electron chi connectivity index (χ2n) is 12.0. The molecule has 0 aromatic heterocycles. The zero-order chi connectivity index (χ0) is 27.7. The number of rotatable bonds is 6. The van der Waals surface area contributed by atoms with Gasteiger partial charge in [-0.1, -0.05) is 26.0 Å². The first-order valence-corrected chi connectivity index (χ1v) is 13.5. The van der Waals surface area contributed by atoms with E-state index in [0.717, 1.165) is 24.8 Å². The van der Waals surface area contributed by atoms with Crippen molar-refractivity contribution >= 4 is 23.7 Å². The largest absolute Gasteiger partial charge is 0.492 e. The molecular formula is C26H37N8O5+. The van der Waals surface area contributed by atoms with Crippen molar-refractivity contribution in [3.63, 3.8) is 0 Å². The summed E-state index contributed by atoms with van der Waals surface area (Å²) in [6.07, 6.45) is 3.39. The molecule has 1 saturated carbocycles. The number of ether oxygens (including phenoxy) is 1. The molecule has 10 N–H and O–H groups in total. The zero-order valence-electron chi connectivity index (χ0n) is 22.2. The molecule has 1 spiro atoms. The van der Waals surface area contributed by atoms with Gasteiger partial charge in [0.1, 0.15) is 23.9 Å². The van der Waals surface area contributed by atoms with E-state index in [1.807, 2.05) is 6.07 Å². The Morgan fingerprint density at radius 2 is 2.03 bits per heavy atom. The Balaban J connectivity index is 1.27. The lowest BCUT2D eigenvalue weighted by molar-refractivity contribution is -0.623. The third-order valence-corrected chi connectivity index (χ3v) is 8.83. The standard InChI is InChI=1S/C26H36N8O5/c1-24(2)8-9-39-19-14(4-3-5-15(19)24)21(36)31-17-12-34-23(28)30-16(11-29-18(35)10-13-6-7-13)20-25(34,26(17,37)38)33-22(27)32-20/h3-5,13,16-17,20,37-38H,6-12H2,1-2H3,(H7,27,28,29,30,31,32,33,35,36)/p+1/t16-,17?,20-,25-/m0/s1. The molecule has 1 aromatic carbocycles. The number of nitrogens with two attached hydrogens (primary N) is 2. The van der Waals surface area contributed by atoms with E-state index in [-0.39, 0.29) is 36.3 Å². The number of amides is 2. The van der Waals surface area contributed by atoms with Crippen LogP contribution in [0.3, 0.4) is 0 Å². The van der Waals surface area contributed by atoms with Crippen LogP contribution in [0, 0.1) is 5.92 Å². The molecule has 210 valence electrons. The monoisotopic (exact) mass is 541 g/mol. The summed E-state index contributed by atoms with van der Waals surface area (Å²) >= 11 is 0. The Kier molecular flexibility index (Phi) is 5.74. The molecule has 39 heavy (non-hydrogen) atoms. The van der Waals surface area contributed by atoms with Gasteiger partial charge in [-0.25, -0.2) is 9.57 Å². The maximum atomic E-state index is 13.5. The Morgan fingerprint density at radius 1 is 1.26 bits per heavy atom. The van der Waals surface area contributed by atoms with E-state index in [1.165, 1.54) is 4.58 Å². The fraction of sp³-hybridized carbons (Fsp3) is 0.615. The van der Waals surface area contributed by atoms with Gasteiger partial charge in [0.15, 0.2) is 5.96 Å². The Labute approximate surface area is 226 Å². The molecule has 4 aliphatic heterocycles. The number of nitrogens with one attached hydrogen (secondary N) is 4. The van der Waals surface area contributed by atoms with Crippen molar-refractivity contribution in [1.29, 1.82) is 0 Å². The summed E-state index contributed by atoms with van der Waals surface area (Å²) in [6.45, 7) is 4.80. The number of hydrogen-bond acceptors (Lipinski definition) is 10. The number of carbonyl (C=O) groups excluding carboxylic acids is 2.